The zero-order valence-electron chi connectivity index (χ0n) is 12.2. The molecule has 1 aliphatic heterocycles. The van der Waals surface area contributed by atoms with Crippen molar-refractivity contribution >= 4 is 10.9 Å². The highest BCUT2D eigenvalue weighted by atomic mass is 14.9. The Bertz CT molecular complexity index is 562. The maximum Gasteiger partial charge on any atom is 0.0457 e. The van der Waals surface area contributed by atoms with Crippen LogP contribution in [0.3, 0.4) is 0 Å². The Hall–Kier alpha value is -1.28. The molecule has 1 aliphatic rings. The summed E-state index contributed by atoms with van der Waals surface area (Å²) in [5, 5.41) is 5.04. The van der Waals surface area contributed by atoms with Crippen LogP contribution in [0, 0.1) is 0 Å². The van der Waals surface area contributed by atoms with Crippen molar-refractivity contribution in [1.82, 2.24) is 10.3 Å². The Kier molecular flexibility index (Phi) is 3.36. The van der Waals surface area contributed by atoms with Gasteiger partial charge in [0.15, 0.2) is 0 Å². The molecule has 2 heteroatoms. The van der Waals surface area contributed by atoms with E-state index in [9.17, 15) is 0 Å². The third-order valence-electron chi connectivity index (χ3n) is 4.60. The molecule has 3 rings (SSSR count). The zero-order chi connectivity index (χ0) is 13.4. The van der Waals surface area contributed by atoms with E-state index in [0.29, 0.717) is 17.9 Å². The highest BCUT2D eigenvalue weighted by Crippen LogP contribution is 2.32. The maximum absolute atomic E-state index is 3.63. The van der Waals surface area contributed by atoms with Crippen LogP contribution in [0.4, 0.5) is 0 Å². The van der Waals surface area contributed by atoms with Crippen molar-refractivity contribution in [3.63, 3.8) is 0 Å². The van der Waals surface area contributed by atoms with Crippen molar-refractivity contribution in [2.75, 3.05) is 6.54 Å². The fourth-order valence-corrected chi connectivity index (χ4v) is 3.25. The van der Waals surface area contributed by atoms with E-state index in [2.05, 4.69) is 55.5 Å². The molecule has 0 saturated carbocycles. The van der Waals surface area contributed by atoms with E-state index in [1.165, 1.54) is 41.4 Å². The second-order valence-electron chi connectivity index (χ2n) is 6.20. The summed E-state index contributed by atoms with van der Waals surface area (Å²) in [6.45, 7) is 8.05. The van der Waals surface area contributed by atoms with Gasteiger partial charge in [0.25, 0.3) is 0 Å². The van der Waals surface area contributed by atoms with E-state index < -0.39 is 0 Å². The van der Waals surface area contributed by atoms with Crippen molar-refractivity contribution < 1.29 is 0 Å². The second kappa shape index (κ2) is 5.01. The normalized spacial score (nSPS) is 21.4. The van der Waals surface area contributed by atoms with E-state index in [0.717, 1.165) is 0 Å². The number of aromatic amines is 1. The Balaban J connectivity index is 2.00. The van der Waals surface area contributed by atoms with Gasteiger partial charge in [0.1, 0.15) is 0 Å². The summed E-state index contributed by atoms with van der Waals surface area (Å²) in [6, 6.07) is 7.48. The highest BCUT2D eigenvalue weighted by Gasteiger charge is 2.24. The van der Waals surface area contributed by atoms with E-state index >= 15 is 0 Å². The lowest BCUT2D eigenvalue weighted by molar-refractivity contribution is 0.520. The third kappa shape index (κ3) is 2.30. The van der Waals surface area contributed by atoms with Gasteiger partial charge in [-0.2, -0.15) is 0 Å². The van der Waals surface area contributed by atoms with Gasteiger partial charge in [-0.3, -0.25) is 0 Å². The summed E-state index contributed by atoms with van der Waals surface area (Å²) in [5.74, 6) is 1.17. The Labute approximate surface area is 115 Å². The molecule has 0 aliphatic carbocycles. The number of fused-ring (bicyclic) bond motifs is 1. The van der Waals surface area contributed by atoms with Crippen LogP contribution in [0.2, 0.25) is 0 Å². The van der Waals surface area contributed by atoms with Gasteiger partial charge in [0.05, 0.1) is 0 Å². The minimum atomic E-state index is 0.582. The van der Waals surface area contributed by atoms with E-state index in [1.54, 1.807) is 0 Å². The molecule has 0 spiro atoms. The van der Waals surface area contributed by atoms with Crippen molar-refractivity contribution in [1.29, 1.82) is 0 Å². The molecule has 1 saturated heterocycles. The second-order valence-corrected chi connectivity index (χ2v) is 6.20. The zero-order valence-corrected chi connectivity index (χ0v) is 12.2. The average Bonchev–Trinajstić information content (AvgIpc) is 3.06. The van der Waals surface area contributed by atoms with Crippen LogP contribution < -0.4 is 5.32 Å². The number of hydrogen-bond acceptors (Lipinski definition) is 1. The smallest absolute Gasteiger partial charge is 0.0457 e. The van der Waals surface area contributed by atoms with Crippen LogP contribution in [-0.2, 0) is 0 Å². The molecule has 0 bridgehead atoms. The van der Waals surface area contributed by atoms with Crippen molar-refractivity contribution in [2.45, 2.75) is 51.5 Å². The molecule has 2 unspecified atom stereocenters. The van der Waals surface area contributed by atoms with Gasteiger partial charge in [-0.15, -0.1) is 0 Å². The first kappa shape index (κ1) is 12.7. The van der Waals surface area contributed by atoms with Gasteiger partial charge in [0.2, 0.25) is 0 Å². The van der Waals surface area contributed by atoms with Crippen LogP contribution in [0.15, 0.2) is 24.4 Å². The average molecular weight is 256 g/mol. The summed E-state index contributed by atoms with van der Waals surface area (Å²) >= 11 is 0. The van der Waals surface area contributed by atoms with Crippen LogP contribution in [0.1, 0.15) is 56.6 Å². The molecule has 2 atom stereocenters. The Morgan fingerprint density at radius 1 is 1.21 bits per heavy atom. The molecule has 1 aromatic carbocycles. The molecule has 1 aromatic heterocycles. The molecule has 2 aromatic rings. The Morgan fingerprint density at radius 2 is 2.05 bits per heavy atom. The lowest BCUT2D eigenvalue weighted by Crippen LogP contribution is -2.27. The highest BCUT2D eigenvalue weighted by molar-refractivity contribution is 5.84. The molecule has 2 N–H and O–H groups in total. The summed E-state index contributed by atoms with van der Waals surface area (Å²) in [6.07, 6.45) is 4.83. The first-order chi connectivity index (χ1) is 9.16. The van der Waals surface area contributed by atoms with Crippen molar-refractivity contribution in [3.05, 3.63) is 35.5 Å². The molecule has 1 fully saturated rings. The number of nitrogens with one attached hydrogen (secondary N) is 2. The van der Waals surface area contributed by atoms with Gasteiger partial charge in [0, 0.05) is 23.1 Å². The summed E-state index contributed by atoms with van der Waals surface area (Å²) < 4.78 is 0. The standard InChI is InChI=1S/C17H24N2/c1-11(2)13-6-7-17-14(9-13)15(10-19-17)12(3)16-5-4-8-18-16/h6-7,9-12,16,18-19H,4-5,8H2,1-3H3. The van der Waals surface area contributed by atoms with Gasteiger partial charge in [-0.1, -0.05) is 26.8 Å². The molecular weight excluding hydrogens is 232 g/mol. The van der Waals surface area contributed by atoms with Crippen LogP contribution in [0.5, 0.6) is 0 Å². The number of aromatic nitrogens is 1. The molecular formula is C17H24N2. The van der Waals surface area contributed by atoms with Crippen LogP contribution >= 0.6 is 0 Å². The van der Waals surface area contributed by atoms with E-state index in [4.69, 9.17) is 0 Å². The Morgan fingerprint density at radius 3 is 2.74 bits per heavy atom. The van der Waals surface area contributed by atoms with Gasteiger partial charge in [-0.25, -0.2) is 0 Å². The summed E-state index contributed by atoms with van der Waals surface area (Å²) in [4.78, 5) is 3.43. The number of rotatable bonds is 3. The first-order valence-corrected chi connectivity index (χ1v) is 7.51. The van der Waals surface area contributed by atoms with Crippen molar-refractivity contribution in [2.24, 2.45) is 0 Å². The molecule has 19 heavy (non-hydrogen) atoms. The minimum Gasteiger partial charge on any atom is -0.361 e. The largest absolute Gasteiger partial charge is 0.361 e. The minimum absolute atomic E-state index is 0.582. The number of benzene rings is 1. The fraction of sp³-hybridized carbons (Fsp3) is 0.529. The third-order valence-corrected chi connectivity index (χ3v) is 4.60. The maximum atomic E-state index is 3.63. The van der Waals surface area contributed by atoms with Crippen LogP contribution in [0.25, 0.3) is 10.9 Å². The van der Waals surface area contributed by atoms with E-state index in [1.807, 2.05) is 0 Å². The van der Waals surface area contributed by atoms with Gasteiger partial charge < -0.3 is 10.3 Å². The molecule has 2 heterocycles. The predicted octanol–water partition coefficient (Wildman–Crippen LogP) is 4.15. The lowest BCUT2D eigenvalue weighted by atomic mass is 9.91. The summed E-state index contributed by atoms with van der Waals surface area (Å²) in [5.41, 5.74) is 4.17. The van der Waals surface area contributed by atoms with E-state index in [-0.39, 0.29) is 0 Å². The quantitative estimate of drug-likeness (QED) is 0.848. The summed E-state index contributed by atoms with van der Waals surface area (Å²) in [7, 11) is 0. The monoisotopic (exact) mass is 256 g/mol. The SMILES string of the molecule is CC(C)c1ccc2[nH]cc(C(C)C3CCCN3)c2c1. The molecule has 2 nitrogen and oxygen atoms in total. The van der Waals surface area contributed by atoms with Crippen molar-refractivity contribution in [3.8, 4) is 0 Å². The molecule has 0 radical (unpaired) electrons. The van der Waals surface area contributed by atoms with Crippen LogP contribution in [-0.4, -0.2) is 17.6 Å². The topological polar surface area (TPSA) is 27.8 Å². The predicted molar refractivity (Wildman–Crippen MR) is 81.8 cm³/mol. The molecule has 102 valence electrons. The fourth-order valence-electron chi connectivity index (χ4n) is 3.25. The molecule has 0 amide bonds. The first-order valence-electron chi connectivity index (χ1n) is 7.51. The number of hydrogen-bond donors (Lipinski definition) is 2. The lowest BCUT2D eigenvalue weighted by Gasteiger charge is -2.19. The number of H-pyrrole nitrogens is 1. The van der Waals surface area contributed by atoms with Gasteiger partial charge in [-0.05, 0) is 54.5 Å². The van der Waals surface area contributed by atoms with Gasteiger partial charge >= 0.3 is 0 Å².